The molecule has 31 heavy (non-hydrogen) atoms. The molecule has 0 saturated heterocycles. The van der Waals surface area contributed by atoms with E-state index in [4.69, 9.17) is 9.47 Å². The van der Waals surface area contributed by atoms with E-state index in [0.717, 1.165) is 50.7 Å². The summed E-state index contributed by atoms with van der Waals surface area (Å²) in [7, 11) is 3.23. The van der Waals surface area contributed by atoms with Crippen molar-refractivity contribution >= 4 is 11.7 Å². The van der Waals surface area contributed by atoms with Crippen molar-refractivity contribution in [2.75, 3.05) is 19.5 Å². The predicted molar refractivity (Wildman–Crippen MR) is 124 cm³/mol. The maximum Gasteiger partial charge on any atom is 0.311 e. The van der Waals surface area contributed by atoms with Gasteiger partial charge in [0, 0.05) is 5.69 Å². The zero-order chi connectivity index (χ0) is 22.1. The Hall–Kier alpha value is -2.49. The first-order chi connectivity index (χ1) is 14.9. The fourth-order valence-electron chi connectivity index (χ4n) is 5.71. The number of nitrogens with one attached hydrogen (secondary N) is 1. The van der Waals surface area contributed by atoms with E-state index >= 15 is 0 Å². The lowest BCUT2D eigenvalue weighted by molar-refractivity contribution is -0.163. The van der Waals surface area contributed by atoms with Gasteiger partial charge in [-0.05, 0) is 99.1 Å². The van der Waals surface area contributed by atoms with E-state index in [1.807, 2.05) is 0 Å². The highest BCUT2D eigenvalue weighted by atomic mass is 16.5. The first-order valence-corrected chi connectivity index (χ1v) is 11.5. The van der Waals surface area contributed by atoms with Crippen molar-refractivity contribution in [1.82, 2.24) is 0 Å². The van der Waals surface area contributed by atoms with Gasteiger partial charge in [-0.25, -0.2) is 0 Å². The molecule has 2 bridgehead atoms. The fraction of sp³-hybridized carbons (Fsp3) is 0.519. The maximum atomic E-state index is 12.4. The van der Waals surface area contributed by atoms with Gasteiger partial charge in [0.2, 0.25) is 0 Å². The molecule has 5 rings (SSSR count). The highest BCUT2D eigenvalue weighted by Crippen LogP contribution is 2.60. The van der Waals surface area contributed by atoms with Crippen LogP contribution in [0.1, 0.15) is 67.7 Å². The Kier molecular flexibility index (Phi) is 6.00. The molecule has 3 saturated carbocycles. The van der Waals surface area contributed by atoms with E-state index in [1.54, 1.807) is 7.11 Å². The highest BCUT2D eigenvalue weighted by Gasteiger charge is 2.53. The smallest absolute Gasteiger partial charge is 0.311 e. The SMILES string of the molecule is COC(=O)C12CCC(C[C@H](Nc3cccc(C)c3C)c3ccc(OC)cc3)(CC1)CC2. The number of carbonyl (C=O) groups excluding carboxylic acids is 1. The summed E-state index contributed by atoms with van der Waals surface area (Å²) in [6.45, 7) is 4.35. The number of ether oxygens (including phenoxy) is 2. The van der Waals surface area contributed by atoms with Gasteiger partial charge < -0.3 is 14.8 Å². The molecule has 0 spiro atoms. The molecule has 3 aliphatic rings. The number of benzene rings is 2. The quantitative estimate of drug-likeness (QED) is 0.528. The fourth-order valence-corrected chi connectivity index (χ4v) is 5.71. The molecule has 1 atom stereocenters. The molecule has 4 nitrogen and oxygen atoms in total. The normalized spacial score (nSPS) is 25.7. The number of aryl methyl sites for hydroxylation is 1. The van der Waals surface area contributed by atoms with Crippen molar-refractivity contribution in [3.05, 3.63) is 59.2 Å². The number of hydrogen-bond acceptors (Lipinski definition) is 4. The second-order valence-electron chi connectivity index (χ2n) is 9.69. The van der Waals surface area contributed by atoms with Crippen LogP contribution < -0.4 is 10.1 Å². The maximum absolute atomic E-state index is 12.4. The summed E-state index contributed by atoms with van der Waals surface area (Å²) in [5.41, 5.74) is 5.14. The number of fused-ring (bicyclic) bond motifs is 3. The van der Waals surface area contributed by atoms with Gasteiger partial charge in [0.25, 0.3) is 0 Å². The van der Waals surface area contributed by atoms with Crippen LogP contribution in [0.2, 0.25) is 0 Å². The standard InChI is InChI=1S/C27H35NO3/c1-19-6-5-7-23(20(19)2)28-24(21-8-10-22(30-3)11-9-21)18-26-12-15-27(16-13-26,17-14-26)25(29)31-4/h5-11,24,28H,12-18H2,1-4H3/t24-,26?,27?/m0/s1. The molecule has 1 N–H and O–H groups in total. The van der Waals surface area contributed by atoms with Crippen molar-refractivity contribution in [3.8, 4) is 5.75 Å². The third-order valence-electron chi connectivity index (χ3n) is 8.11. The third-order valence-corrected chi connectivity index (χ3v) is 8.11. The number of hydrogen-bond donors (Lipinski definition) is 1. The highest BCUT2D eigenvalue weighted by molar-refractivity contribution is 5.77. The van der Waals surface area contributed by atoms with Crippen molar-refractivity contribution in [2.45, 2.75) is 64.8 Å². The van der Waals surface area contributed by atoms with E-state index in [2.05, 4.69) is 61.6 Å². The van der Waals surface area contributed by atoms with E-state index in [-0.39, 0.29) is 22.8 Å². The van der Waals surface area contributed by atoms with Crippen LogP contribution in [0, 0.1) is 24.7 Å². The molecular formula is C27H35NO3. The van der Waals surface area contributed by atoms with Gasteiger partial charge in [0.1, 0.15) is 5.75 Å². The molecule has 166 valence electrons. The van der Waals surface area contributed by atoms with Crippen LogP contribution in [0.5, 0.6) is 5.75 Å². The molecule has 4 heteroatoms. The lowest BCUT2D eigenvalue weighted by Crippen LogP contribution is -2.47. The van der Waals surface area contributed by atoms with Crippen LogP contribution in [-0.4, -0.2) is 20.2 Å². The molecule has 0 unspecified atom stereocenters. The average molecular weight is 422 g/mol. The van der Waals surface area contributed by atoms with E-state index < -0.39 is 0 Å². The molecule has 3 aliphatic carbocycles. The summed E-state index contributed by atoms with van der Waals surface area (Å²) in [5, 5.41) is 3.88. The number of methoxy groups -OCH3 is 2. The van der Waals surface area contributed by atoms with Gasteiger partial charge in [0.15, 0.2) is 0 Å². The summed E-state index contributed by atoms with van der Waals surface area (Å²) in [4.78, 5) is 12.4. The monoisotopic (exact) mass is 421 g/mol. The molecule has 0 heterocycles. The first-order valence-electron chi connectivity index (χ1n) is 11.5. The third kappa shape index (κ3) is 4.17. The number of anilines is 1. The Labute approximate surface area is 186 Å². The largest absolute Gasteiger partial charge is 0.497 e. The second kappa shape index (κ2) is 8.57. The van der Waals surface area contributed by atoms with Crippen LogP contribution in [0.15, 0.2) is 42.5 Å². The van der Waals surface area contributed by atoms with E-state index in [0.29, 0.717) is 0 Å². The minimum Gasteiger partial charge on any atom is -0.497 e. The minimum absolute atomic E-state index is 0.000940. The zero-order valence-electron chi connectivity index (χ0n) is 19.3. The average Bonchev–Trinajstić information content (AvgIpc) is 2.82. The Morgan fingerprint density at radius 2 is 1.61 bits per heavy atom. The summed E-state index contributed by atoms with van der Waals surface area (Å²) < 4.78 is 10.5. The van der Waals surface area contributed by atoms with Crippen molar-refractivity contribution in [2.24, 2.45) is 10.8 Å². The van der Waals surface area contributed by atoms with Crippen molar-refractivity contribution in [3.63, 3.8) is 0 Å². The zero-order valence-corrected chi connectivity index (χ0v) is 19.3. The summed E-state index contributed by atoms with van der Waals surface area (Å²) in [6.07, 6.45) is 7.25. The molecule has 0 amide bonds. The second-order valence-corrected chi connectivity index (χ2v) is 9.69. The predicted octanol–water partition coefficient (Wildman–Crippen LogP) is 6.37. The molecule has 3 fully saturated rings. The molecule has 2 aromatic carbocycles. The Morgan fingerprint density at radius 3 is 2.19 bits per heavy atom. The lowest BCUT2D eigenvalue weighted by Gasteiger charge is -2.53. The van der Waals surface area contributed by atoms with Crippen LogP contribution in [0.4, 0.5) is 5.69 Å². The number of rotatable bonds is 7. The van der Waals surface area contributed by atoms with E-state index in [9.17, 15) is 4.79 Å². The van der Waals surface area contributed by atoms with Crippen LogP contribution in [0.25, 0.3) is 0 Å². The van der Waals surface area contributed by atoms with Crippen molar-refractivity contribution in [1.29, 1.82) is 0 Å². The van der Waals surface area contributed by atoms with Gasteiger partial charge in [-0.1, -0.05) is 24.3 Å². The summed E-state index contributed by atoms with van der Waals surface area (Å²) >= 11 is 0. The van der Waals surface area contributed by atoms with Crippen LogP contribution in [0.3, 0.4) is 0 Å². The van der Waals surface area contributed by atoms with Crippen molar-refractivity contribution < 1.29 is 14.3 Å². The summed E-state index contributed by atoms with van der Waals surface area (Å²) in [6, 6.07) is 15.2. The van der Waals surface area contributed by atoms with E-state index in [1.165, 1.54) is 29.5 Å². The molecule has 2 aromatic rings. The van der Waals surface area contributed by atoms with Gasteiger partial charge in [-0.2, -0.15) is 0 Å². The molecule has 0 aromatic heterocycles. The van der Waals surface area contributed by atoms with Gasteiger partial charge >= 0.3 is 5.97 Å². The van der Waals surface area contributed by atoms with Gasteiger partial charge in [0.05, 0.1) is 25.7 Å². The molecule has 0 radical (unpaired) electrons. The summed E-state index contributed by atoms with van der Waals surface area (Å²) in [5.74, 6) is 0.881. The minimum atomic E-state index is -0.229. The van der Waals surface area contributed by atoms with Gasteiger partial charge in [-0.3, -0.25) is 4.79 Å². The molecule has 0 aliphatic heterocycles. The Balaban J connectivity index is 1.59. The van der Waals surface area contributed by atoms with Gasteiger partial charge in [-0.15, -0.1) is 0 Å². The Bertz CT molecular complexity index is 909. The molecular weight excluding hydrogens is 386 g/mol. The first kappa shape index (κ1) is 21.7. The Morgan fingerprint density at radius 1 is 0.968 bits per heavy atom. The number of carbonyl (C=O) groups is 1. The topological polar surface area (TPSA) is 47.6 Å². The number of esters is 1. The van der Waals surface area contributed by atoms with Crippen LogP contribution >= 0.6 is 0 Å². The van der Waals surface area contributed by atoms with Crippen LogP contribution in [-0.2, 0) is 9.53 Å². The lowest BCUT2D eigenvalue weighted by atomic mass is 9.52.